The zero-order chi connectivity index (χ0) is 16.1. The summed E-state index contributed by atoms with van der Waals surface area (Å²) in [6, 6.07) is 17.6. The number of aliphatic carboxylic acids is 1. The number of carbonyl (C=O) groups is 1. The molecule has 3 aromatic rings. The van der Waals surface area contributed by atoms with Gasteiger partial charge >= 0.3 is 0 Å². The summed E-state index contributed by atoms with van der Waals surface area (Å²) < 4.78 is 5.74. The average Bonchev–Trinajstić information content (AvgIpc) is 3.02. The third kappa shape index (κ3) is 4.17. The lowest BCUT2D eigenvalue weighted by molar-refractivity contribution is -0.304. The SMILES string of the molecule is O=C([O-])Cc1csc(-c2ccc(OCc3ccccc3)cc2)n1. The molecule has 0 fully saturated rings. The van der Waals surface area contributed by atoms with Crippen LogP contribution in [0.2, 0.25) is 0 Å². The van der Waals surface area contributed by atoms with Crippen LogP contribution in [0.1, 0.15) is 11.3 Å². The Balaban J connectivity index is 1.64. The second-order valence-electron chi connectivity index (χ2n) is 4.99. The first kappa shape index (κ1) is 15.2. The quantitative estimate of drug-likeness (QED) is 0.699. The highest BCUT2D eigenvalue weighted by molar-refractivity contribution is 7.13. The van der Waals surface area contributed by atoms with E-state index in [-0.39, 0.29) is 6.42 Å². The van der Waals surface area contributed by atoms with Crippen LogP contribution in [-0.4, -0.2) is 11.0 Å². The van der Waals surface area contributed by atoms with Gasteiger partial charge in [-0.15, -0.1) is 11.3 Å². The van der Waals surface area contributed by atoms with Crippen molar-refractivity contribution >= 4 is 17.3 Å². The molecule has 0 spiro atoms. The van der Waals surface area contributed by atoms with Gasteiger partial charge in [-0.1, -0.05) is 30.3 Å². The van der Waals surface area contributed by atoms with E-state index >= 15 is 0 Å². The third-order valence-corrected chi connectivity index (χ3v) is 4.17. The number of benzene rings is 2. The van der Waals surface area contributed by atoms with Crippen molar-refractivity contribution in [2.45, 2.75) is 13.0 Å². The fourth-order valence-corrected chi connectivity index (χ4v) is 2.93. The van der Waals surface area contributed by atoms with Gasteiger partial charge in [-0.2, -0.15) is 0 Å². The van der Waals surface area contributed by atoms with Crippen LogP contribution >= 0.6 is 11.3 Å². The van der Waals surface area contributed by atoms with E-state index in [2.05, 4.69) is 4.98 Å². The molecule has 0 saturated heterocycles. The summed E-state index contributed by atoms with van der Waals surface area (Å²) in [4.78, 5) is 14.9. The van der Waals surface area contributed by atoms with Gasteiger partial charge in [-0.3, -0.25) is 0 Å². The molecule has 0 unspecified atom stereocenters. The Bertz CT molecular complexity index is 782. The number of carboxylic acid groups (broad SMARTS) is 1. The first-order valence-electron chi connectivity index (χ1n) is 7.12. The van der Waals surface area contributed by atoms with Crippen LogP contribution < -0.4 is 9.84 Å². The van der Waals surface area contributed by atoms with Gasteiger partial charge in [-0.25, -0.2) is 4.98 Å². The largest absolute Gasteiger partial charge is 0.550 e. The number of thiazole rings is 1. The van der Waals surface area contributed by atoms with E-state index in [1.807, 2.05) is 54.6 Å². The summed E-state index contributed by atoms with van der Waals surface area (Å²) >= 11 is 1.42. The molecule has 1 aromatic heterocycles. The monoisotopic (exact) mass is 324 g/mol. The van der Waals surface area contributed by atoms with Crippen molar-refractivity contribution in [1.82, 2.24) is 4.98 Å². The fourth-order valence-electron chi connectivity index (χ4n) is 2.10. The van der Waals surface area contributed by atoms with E-state index in [4.69, 9.17) is 4.74 Å². The summed E-state index contributed by atoms with van der Waals surface area (Å²) in [6.07, 6.45) is -0.158. The lowest BCUT2D eigenvalue weighted by Gasteiger charge is -2.06. The van der Waals surface area contributed by atoms with Crippen LogP contribution in [0, 0.1) is 0 Å². The summed E-state index contributed by atoms with van der Waals surface area (Å²) in [5.74, 6) is -0.337. The smallest absolute Gasteiger partial charge is 0.123 e. The number of aromatic nitrogens is 1. The molecular weight excluding hydrogens is 310 g/mol. The fraction of sp³-hybridized carbons (Fsp3) is 0.111. The van der Waals surface area contributed by atoms with Gasteiger partial charge in [0.05, 0.1) is 5.69 Å². The molecular formula is C18H14NO3S-. The molecule has 3 rings (SSSR count). The van der Waals surface area contributed by atoms with Gasteiger partial charge in [0, 0.05) is 23.3 Å². The van der Waals surface area contributed by atoms with Crippen LogP contribution in [-0.2, 0) is 17.8 Å². The van der Waals surface area contributed by atoms with Crippen LogP contribution in [0.25, 0.3) is 10.6 Å². The van der Waals surface area contributed by atoms with E-state index < -0.39 is 5.97 Å². The number of carboxylic acids is 1. The molecule has 23 heavy (non-hydrogen) atoms. The second kappa shape index (κ2) is 7.07. The number of carbonyl (C=O) groups excluding carboxylic acids is 1. The highest BCUT2D eigenvalue weighted by Gasteiger charge is 2.05. The number of hydrogen-bond donors (Lipinski definition) is 0. The highest BCUT2D eigenvalue weighted by atomic mass is 32.1. The molecule has 0 N–H and O–H groups in total. The van der Waals surface area contributed by atoms with Crippen molar-refractivity contribution in [2.75, 3.05) is 0 Å². The first-order valence-corrected chi connectivity index (χ1v) is 8.00. The molecule has 0 aliphatic carbocycles. The maximum Gasteiger partial charge on any atom is 0.123 e. The van der Waals surface area contributed by atoms with Crippen LogP contribution in [0.15, 0.2) is 60.0 Å². The maximum absolute atomic E-state index is 10.6. The molecule has 116 valence electrons. The summed E-state index contributed by atoms with van der Waals surface area (Å²) in [5.41, 5.74) is 2.57. The summed E-state index contributed by atoms with van der Waals surface area (Å²) in [6.45, 7) is 0.521. The number of hydrogen-bond acceptors (Lipinski definition) is 5. The van der Waals surface area contributed by atoms with E-state index in [1.54, 1.807) is 5.38 Å². The molecule has 0 aliphatic rings. The zero-order valence-corrected chi connectivity index (χ0v) is 13.1. The molecule has 0 bridgehead atoms. The van der Waals surface area contributed by atoms with Crippen molar-refractivity contribution in [3.05, 3.63) is 71.2 Å². The van der Waals surface area contributed by atoms with Crippen molar-refractivity contribution < 1.29 is 14.6 Å². The van der Waals surface area contributed by atoms with Crippen molar-refractivity contribution in [3.63, 3.8) is 0 Å². The lowest BCUT2D eigenvalue weighted by Crippen LogP contribution is -2.24. The molecule has 2 aromatic carbocycles. The van der Waals surface area contributed by atoms with Crippen molar-refractivity contribution in [3.8, 4) is 16.3 Å². The van der Waals surface area contributed by atoms with Crippen LogP contribution in [0.5, 0.6) is 5.75 Å². The predicted molar refractivity (Wildman–Crippen MR) is 87.0 cm³/mol. The molecule has 0 saturated carbocycles. The topological polar surface area (TPSA) is 62.2 Å². The Hall–Kier alpha value is -2.66. The minimum absolute atomic E-state index is 0.158. The minimum Gasteiger partial charge on any atom is -0.550 e. The molecule has 1 heterocycles. The van der Waals surface area contributed by atoms with Gasteiger partial charge in [0.1, 0.15) is 17.4 Å². The predicted octanol–water partition coefficient (Wildman–Crippen LogP) is 2.68. The van der Waals surface area contributed by atoms with E-state index in [0.29, 0.717) is 12.3 Å². The Kier molecular flexibility index (Phi) is 4.68. The van der Waals surface area contributed by atoms with Crippen LogP contribution in [0.4, 0.5) is 0 Å². The van der Waals surface area contributed by atoms with Gasteiger partial charge in [-0.05, 0) is 29.8 Å². The Morgan fingerprint density at radius 2 is 1.83 bits per heavy atom. The molecule has 4 nitrogen and oxygen atoms in total. The molecule has 0 radical (unpaired) electrons. The van der Waals surface area contributed by atoms with E-state index in [1.165, 1.54) is 11.3 Å². The average molecular weight is 324 g/mol. The summed E-state index contributed by atoms with van der Waals surface area (Å²) in [5, 5.41) is 13.1. The lowest BCUT2D eigenvalue weighted by atomic mass is 10.2. The van der Waals surface area contributed by atoms with Gasteiger partial charge in [0.15, 0.2) is 0 Å². The van der Waals surface area contributed by atoms with Crippen LogP contribution in [0.3, 0.4) is 0 Å². The number of nitrogens with zero attached hydrogens (tertiary/aromatic N) is 1. The van der Waals surface area contributed by atoms with Gasteiger partial charge in [0.2, 0.25) is 0 Å². The van der Waals surface area contributed by atoms with Crippen molar-refractivity contribution in [2.24, 2.45) is 0 Å². The molecule has 5 heteroatoms. The molecule has 0 aliphatic heterocycles. The Labute approximate surface area is 138 Å². The first-order chi connectivity index (χ1) is 11.2. The van der Waals surface area contributed by atoms with E-state index in [0.717, 1.165) is 21.9 Å². The molecule has 0 amide bonds. The number of ether oxygens (including phenoxy) is 1. The highest BCUT2D eigenvalue weighted by Crippen LogP contribution is 2.26. The molecule has 0 atom stereocenters. The number of rotatable bonds is 6. The van der Waals surface area contributed by atoms with Crippen molar-refractivity contribution in [1.29, 1.82) is 0 Å². The minimum atomic E-state index is -1.12. The second-order valence-corrected chi connectivity index (χ2v) is 5.85. The normalized spacial score (nSPS) is 10.4. The maximum atomic E-state index is 10.6. The standard InChI is InChI=1S/C18H15NO3S/c20-17(21)10-15-12-23-18(19-15)14-6-8-16(9-7-14)22-11-13-4-2-1-3-5-13/h1-9,12H,10-11H2,(H,20,21)/p-1. The Morgan fingerprint density at radius 3 is 2.52 bits per heavy atom. The van der Waals surface area contributed by atoms with Gasteiger partial charge in [0.25, 0.3) is 0 Å². The van der Waals surface area contributed by atoms with E-state index in [9.17, 15) is 9.90 Å². The summed E-state index contributed by atoms with van der Waals surface area (Å²) in [7, 11) is 0. The zero-order valence-electron chi connectivity index (χ0n) is 12.3. The third-order valence-electron chi connectivity index (χ3n) is 3.23. The van der Waals surface area contributed by atoms with Gasteiger partial charge < -0.3 is 14.6 Å². The Morgan fingerprint density at radius 1 is 1.09 bits per heavy atom.